The molecular formula is C18H29N3O2. The van der Waals surface area contributed by atoms with E-state index in [-0.39, 0.29) is 6.10 Å². The average molecular weight is 319 g/mol. The largest absolute Gasteiger partial charge is 0.489 e. The molecule has 1 aromatic rings. The molecule has 0 saturated carbocycles. The van der Waals surface area contributed by atoms with Crippen LogP contribution in [0.4, 0.5) is 0 Å². The van der Waals surface area contributed by atoms with Gasteiger partial charge in [-0.1, -0.05) is 17.7 Å². The van der Waals surface area contributed by atoms with E-state index in [2.05, 4.69) is 41.2 Å². The summed E-state index contributed by atoms with van der Waals surface area (Å²) in [5.74, 6) is 2.45. The van der Waals surface area contributed by atoms with Crippen LogP contribution < -0.4 is 10.1 Å². The molecule has 1 N–H and O–H groups in total. The zero-order chi connectivity index (χ0) is 16.7. The molecule has 2 rings (SSSR count). The number of methoxy groups -OCH3 is 1. The minimum absolute atomic E-state index is 0.0758. The normalized spacial score (nSPS) is 19.7. The van der Waals surface area contributed by atoms with Crippen LogP contribution in [-0.2, 0) is 4.74 Å². The molecule has 0 radical (unpaired) electrons. The molecule has 0 spiro atoms. The number of aliphatic imine (C=N–C) groups is 1. The fraction of sp³-hybridized carbons (Fsp3) is 0.611. The number of aryl methyl sites for hydroxylation is 1. The molecular weight excluding hydrogens is 290 g/mol. The monoisotopic (exact) mass is 319 g/mol. The third kappa shape index (κ3) is 5.43. The van der Waals surface area contributed by atoms with Gasteiger partial charge in [0.1, 0.15) is 11.9 Å². The van der Waals surface area contributed by atoms with Crippen molar-refractivity contribution in [2.24, 2.45) is 10.9 Å². The minimum atomic E-state index is 0.0758. The lowest BCUT2D eigenvalue weighted by molar-refractivity contribution is 0.157. The van der Waals surface area contributed by atoms with E-state index < -0.39 is 0 Å². The van der Waals surface area contributed by atoms with Crippen LogP contribution in [0.1, 0.15) is 18.9 Å². The summed E-state index contributed by atoms with van der Waals surface area (Å²) >= 11 is 0. The first-order chi connectivity index (χ1) is 11.1. The number of rotatable bonds is 6. The number of hydrogen-bond acceptors (Lipinski definition) is 3. The lowest BCUT2D eigenvalue weighted by Gasteiger charge is -2.23. The van der Waals surface area contributed by atoms with Gasteiger partial charge in [0, 0.05) is 33.2 Å². The van der Waals surface area contributed by atoms with Gasteiger partial charge in [-0.3, -0.25) is 4.99 Å². The molecule has 0 bridgehead atoms. The maximum Gasteiger partial charge on any atom is 0.193 e. The van der Waals surface area contributed by atoms with Crippen molar-refractivity contribution in [3.05, 3.63) is 29.8 Å². The Bertz CT molecular complexity index is 501. The molecule has 2 unspecified atom stereocenters. The first-order valence-corrected chi connectivity index (χ1v) is 8.30. The zero-order valence-electron chi connectivity index (χ0n) is 14.7. The molecule has 1 aromatic carbocycles. The van der Waals surface area contributed by atoms with Crippen LogP contribution in [0.3, 0.4) is 0 Å². The first-order valence-electron chi connectivity index (χ1n) is 8.30. The number of nitrogens with one attached hydrogen (secondary N) is 1. The molecule has 5 heteroatoms. The summed E-state index contributed by atoms with van der Waals surface area (Å²) < 4.78 is 11.2. The van der Waals surface area contributed by atoms with Crippen molar-refractivity contribution in [2.45, 2.75) is 26.4 Å². The topological polar surface area (TPSA) is 46.1 Å². The fourth-order valence-electron chi connectivity index (χ4n) is 2.85. The maximum absolute atomic E-state index is 5.93. The second-order valence-electron chi connectivity index (χ2n) is 6.23. The predicted octanol–water partition coefficient (Wildman–Crippen LogP) is 2.31. The second kappa shape index (κ2) is 8.77. The third-order valence-corrected chi connectivity index (χ3v) is 4.11. The van der Waals surface area contributed by atoms with E-state index in [4.69, 9.17) is 9.47 Å². The maximum atomic E-state index is 5.93. The fourth-order valence-corrected chi connectivity index (χ4v) is 2.85. The smallest absolute Gasteiger partial charge is 0.193 e. The van der Waals surface area contributed by atoms with Gasteiger partial charge in [0.25, 0.3) is 0 Å². The van der Waals surface area contributed by atoms with Gasteiger partial charge < -0.3 is 19.7 Å². The highest BCUT2D eigenvalue weighted by atomic mass is 16.5. The number of nitrogens with zero attached hydrogens (tertiary/aromatic N) is 2. The average Bonchev–Trinajstić information content (AvgIpc) is 2.99. The van der Waals surface area contributed by atoms with Gasteiger partial charge >= 0.3 is 0 Å². The Labute approximate surface area is 139 Å². The number of ether oxygens (including phenoxy) is 2. The van der Waals surface area contributed by atoms with Gasteiger partial charge in [-0.15, -0.1) is 0 Å². The van der Waals surface area contributed by atoms with Crippen molar-refractivity contribution in [2.75, 3.05) is 40.4 Å². The van der Waals surface area contributed by atoms with Gasteiger partial charge in [0.2, 0.25) is 0 Å². The highest BCUT2D eigenvalue weighted by molar-refractivity contribution is 5.80. The van der Waals surface area contributed by atoms with Crippen molar-refractivity contribution in [1.29, 1.82) is 0 Å². The summed E-state index contributed by atoms with van der Waals surface area (Å²) in [6, 6.07) is 8.15. The highest BCUT2D eigenvalue weighted by Gasteiger charge is 2.24. The van der Waals surface area contributed by atoms with Crippen LogP contribution in [0.15, 0.2) is 29.3 Å². The molecule has 5 nitrogen and oxygen atoms in total. The van der Waals surface area contributed by atoms with E-state index in [1.165, 1.54) is 5.56 Å². The Hall–Kier alpha value is -1.75. The van der Waals surface area contributed by atoms with Gasteiger partial charge in [-0.2, -0.15) is 0 Å². The van der Waals surface area contributed by atoms with Crippen molar-refractivity contribution in [1.82, 2.24) is 10.2 Å². The molecule has 1 fully saturated rings. The number of guanidine groups is 1. The standard InChI is InChI=1S/C18H29N3O2/c1-14-5-7-17(8-6-14)23-15(2)11-20-18(19-3)21-10-9-16(12-21)13-22-4/h5-8,15-16H,9-13H2,1-4H3,(H,19,20). The Balaban J connectivity index is 1.78. The molecule has 0 aromatic heterocycles. The molecule has 1 saturated heterocycles. The van der Waals surface area contributed by atoms with Crippen molar-refractivity contribution < 1.29 is 9.47 Å². The van der Waals surface area contributed by atoms with Crippen LogP contribution in [0.2, 0.25) is 0 Å². The van der Waals surface area contributed by atoms with E-state index in [0.717, 1.165) is 44.4 Å². The molecule has 0 aliphatic carbocycles. The summed E-state index contributed by atoms with van der Waals surface area (Å²) in [7, 11) is 3.59. The summed E-state index contributed by atoms with van der Waals surface area (Å²) in [4.78, 5) is 6.68. The van der Waals surface area contributed by atoms with Crippen LogP contribution >= 0.6 is 0 Å². The summed E-state index contributed by atoms with van der Waals surface area (Å²) in [6.07, 6.45) is 1.23. The Morgan fingerprint density at radius 3 is 2.78 bits per heavy atom. The number of hydrogen-bond donors (Lipinski definition) is 1. The Morgan fingerprint density at radius 1 is 1.39 bits per heavy atom. The van der Waals surface area contributed by atoms with Gasteiger partial charge in [-0.05, 0) is 32.4 Å². The van der Waals surface area contributed by atoms with Crippen LogP contribution in [0, 0.1) is 12.8 Å². The SMILES string of the molecule is CN=C(NCC(C)Oc1ccc(C)cc1)N1CCC(COC)C1. The molecule has 0 amide bonds. The molecule has 1 aliphatic heterocycles. The number of likely N-dealkylation sites (tertiary alicyclic amines) is 1. The summed E-state index contributed by atoms with van der Waals surface area (Å²) in [5.41, 5.74) is 1.24. The third-order valence-electron chi connectivity index (χ3n) is 4.11. The molecule has 23 heavy (non-hydrogen) atoms. The van der Waals surface area contributed by atoms with Gasteiger partial charge in [0.15, 0.2) is 5.96 Å². The van der Waals surface area contributed by atoms with E-state index in [0.29, 0.717) is 5.92 Å². The first kappa shape index (κ1) is 17.6. The van der Waals surface area contributed by atoms with Crippen LogP contribution in [0.25, 0.3) is 0 Å². The van der Waals surface area contributed by atoms with E-state index in [9.17, 15) is 0 Å². The van der Waals surface area contributed by atoms with E-state index in [1.807, 2.05) is 19.2 Å². The molecule has 128 valence electrons. The summed E-state index contributed by atoms with van der Waals surface area (Å²) in [6.45, 7) is 7.72. The van der Waals surface area contributed by atoms with E-state index in [1.54, 1.807) is 7.11 Å². The Morgan fingerprint density at radius 2 is 2.13 bits per heavy atom. The quantitative estimate of drug-likeness (QED) is 0.645. The molecule has 2 atom stereocenters. The summed E-state index contributed by atoms with van der Waals surface area (Å²) in [5, 5.41) is 3.42. The van der Waals surface area contributed by atoms with Crippen molar-refractivity contribution in [3.8, 4) is 5.75 Å². The van der Waals surface area contributed by atoms with Crippen molar-refractivity contribution in [3.63, 3.8) is 0 Å². The zero-order valence-corrected chi connectivity index (χ0v) is 14.7. The van der Waals surface area contributed by atoms with Crippen LogP contribution in [-0.4, -0.2) is 57.4 Å². The van der Waals surface area contributed by atoms with Gasteiger partial charge in [0.05, 0.1) is 13.2 Å². The van der Waals surface area contributed by atoms with Crippen molar-refractivity contribution >= 4 is 5.96 Å². The lowest BCUT2D eigenvalue weighted by atomic mass is 10.1. The lowest BCUT2D eigenvalue weighted by Crippen LogP contribution is -2.43. The van der Waals surface area contributed by atoms with E-state index >= 15 is 0 Å². The predicted molar refractivity (Wildman–Crippen MR) is 94.2 cm³/mol. The Kier molecular flexibility index (Phi) is 6.71. The highest BCUT2D eigenvalue weighted by Crippen LogP contribution is 2.16. The van der Waals surface area contributed by atoms with Gasteiger partial charge in [-0.25, -0.2) is 0 Å². The molecule has 1 aliphatic rings. The molecule has 1 heterocycles. The minimum Gasteiger partial charge on any atom is -0.489 e. The number of benzene rings is 1. The van der Waals surface area contributed by atoms with Crippen LogP contribution in [0.5, 0.6) is 5.75 Å². The second-order valence-corrected chi connectivity index (χ2v) is 6.23.